The lowest BCUT2D eigenvalue weighted by molar-refractivity contribution is 0.333. The first kappa shape index (κ1) is 13.0. The molecule has 0 spiro atoms. The molecule has 0 aliphatic carbocycles. The molecule has 0 heterocycles. The van der Waals surface area contributed by atoms with Gasteiger partial charge in [0.1, 0.15) is 5.75 Å². The molecule has 0 fully saturated rings. The van der Waals surface area contributed by atoms with Crippen LogP contribution in [-0.4, -0.2) is 6.61 Å². The summed E-state index contributed by atoms with van der Waals surface area (Å²) in [5.41, 5.74) is 8.59. The average molecular weight is 221 g/mol. The van der Waals surface area contributed by atoms with Crippen molar-refractivity contribution < 1.29 is 4.74 Å². The zero-order valence-electron chi connectivity index (χ0n) is 10.6. The molecule has 0 bridgehead atoms. The summed E-state index contributed by atoms with van der Waals surface area (Å²) in [7, 11) is 0. The van der Waals surface area contributed by atoms with Gasteiger partial charge in [0.05, 0.1) is 6.61 Å². The molecule has 2 nitrogen and oxygen atoms in total. The van der Waals surface area contributed by atoms with Crippen molar-refractivity contribution in [2.75, 3.05) is 6.61 Å². The second-order valence-electron chi connectivity index (χ2n) is 4.22. The van der Waals surface area contributed by atoms with Gasteiger partial charge < -0.3 is 10.5 Å². The molecular formula is C14H23NO. The molecule has 1 unspecified atom stereocenters. The normalized spacial score (nSPS) is 12.5. The number of hydrogen-bond acceptors (Lipinski definition) is 2. The van der Waals surface area contributed by atoms with Gasteiger partial charge in [0.2, 0.25) is 0 Å². The summed E-state index contributed by atoms with van der Waals surface area (Å²) in [5.74, 6) is 0.941. The Bertz CT molecular complexity index is 323. The molecule has 1 rings (SSSR count). The van der Waals surface area contributed by atoms with E-state index in [-0.39, 0.29) is 6.04 Å². The van der Waals surface area contributed by atoms with E-state index in [0.717, 1.165) is 17.7 Å². The molecule has 2 N–H and O–H groups in total. The summed E-state index contributed by atoms with van der Waals surface area (Å²) in [4.78, 5) is 0. The van der Waals surface area contributed by atoms with Crippen molar-refractivity contribution in [3.8, 4) is 5.75 Å². The number of nitrogens with two attached hydrogens (primary N) is 1. The van der Waals surface area contributed by atoms with Crippen LogP contribution in [0.3, 0.4) is 0 Å². The first-order valence-electron chi connectivity index (χ1n) is 6.18. The van der Waals surface area contributed by atoms with E-state index < -0.39 is 0 Å². The highest BCUT2D eigenvalue weighted by Gasteiger charge is 2.11. The second kappa shape index (κ2) is 6.54. The smallest absolute Gasteiger partial charge is 0.124 e. The molecule has 2 heteroatoms. The fraction of sp³-hybridized carbons (Fsp3) is 0.571. The van der Waals surface area contributed by atoms with Gasteiger partial charge in [-0.1, -0.05) is 37.5 Å². The van der Waals surface area contributed by atoms with E-state index in [1.165, 1.54) is 18.4 Å². The molecule has 0 radical (unpaired) electrons. The first-order valence-corrected chi connectivity index (χ1v) is 6.18. The Morgan fingerprint density at radius 3 is 2.69 bits per heavy atom. The van der Waals surface area contributed by atoms with Crippen LogP contribution in [0.1, 0.15) is 50.3 Å². The maximum atomic E-state index is 6.20. The van der Waals surface area contributed by atoms with Gasteiger partial charge in [0.15, 0.2) is 0 Å². The molecule has 16 heavy (non-hydrogen) atoms. The minimum atomic E-state index is 0.0985. The fourth-order valence-corrected chi connectivity index (χ4v) is 1.82. The largest absolute Gasteiger partial charge is 0.494 e. The second-order valence-corrected chi connectivity index (χ2v) is 4.22. The molecule has 0 aliphatic heterocycles. The van der Waals surface area contributed by atoms with Gasteiger partial charge in [-0.3, -0.25) is 0 Å². The third-order valence-corrected chi connectivity index (χ3v) is 2.73. The molecule has 0 amide bonds. The third-order valence-electron chi connectivity index (χ3n) is 2.73. The van der Waals surface area contributed by atoms with Crippen LogP contribution in [0.2, 0.25) is 0 Å². The first-order chi connectivity index (χ1) is 7.69. The minimum Gasteiger partial charge on any atom is -0.494 e. The summed E-state index contributed by atoms with van der Waals surface area (Å²) in [5, 5.41) is 0. The number of benzene rings is 1. The van der Waals surface area contributed by atoms with Crippen LogP contribution in [0.5, 0.6) is 5.75 Å². The lowest BCUT2D eigenvalue weighted by Crippen LogP contribution is -2.12. The van der Waals surface area contributed by atoms with Crippen LogP contribution in [0.15, 0.2) is 18.2 Å². The summed E-state index contributed by atoms with van der Waals surface area (Å²) < 4.78 is 5.61. The predicted octanol–water partition coefficient (Wildman–Crippen LogP) is 3.58. The van der Waals surface area contributed by atoms with Crippen LogP contribution in [0.25, 0.3) is 0 Å². The Hall–Kier alpha value is -1.02. The number of hydrogen-bond donors (Lipinski definition) is 1. The van der Waals surface area contributed by atoms with Gasteiger partial charge >= 0.3 is 0 Å². The molecule has 0 saturated heterocycles. The van der Waals surface area contributed by atoms with Crippen molar-refractivity contribution in [1.29, 1.82) is 0 Å². The third kappa shape index (κ3) is 3.53. The quantitative estimate of drug-likeness (QED) is 0.796. The van der Waals surface area contributed by atoms with Crippen LogP contribution >= 0.6 is 0 Å². The molecule has 1 aromatic rings. The molecule has 0 aromatic heterocycles. The maximum absolute atomic E-state index is 6.20. The zero-order valence-corrected chi connectivity index (χ0v) is 10.6. The predicted molar refractivity (Wildman–Crippen MR) is 68.8 cm³/mol. The van der Waals surface area contributed by atoms with Crippen molar-refractivity contribution in [3.05, 3.63) is 29.3 Å². The van der Waals surface area contributed by atoms with E-state index in [1.54, 1.807) is 0 Å². The molecule has 1 atom stereocenters. The summed E-state index contributed by atoms with van der Waals surface area (Å²) in [6, 6.07) is 6.34. The van der Waals surface area contributed by atoms with E-state index >= 15 is 0 Å². The standard InChI is InChI=1S/C14H23NO/c1-4-6-7-13(15)12-10-11(3)8-9-14(12)16-5-2/h8-10,13H,4-7,15H2,1-3H3. The number of rotatable bonds is 6. The molecule has 1 aromatic carbocycles. The van der Waals surface area contributed by atoms with Gasteiger partial charge in [-0.05, 0) is 26.3 Å². The highest BCUT2D eigenvalue weighted by atomic mass is 16.5. The Morgan fingerprint density at radius 1 is 1.31 bits per heavy atom. The summed E-state index contributed by atoms with van der Waals surface area (Å²) >= 11 is 0. The highest BCUT2D eigenvalue weighted by molar-refractivity contribution is 5.39. The van der Waals surface area contributed by atoms with E-state index in [9.17, 15) is 0 Å². The number of ether oxygens (including phenoxy) is 1. The number of unbranched alkanes of at least 4 members (excludes halogenated alkanes) is 1. The van der Waals surface area contributed by atoms with Gasteiger partial charge in [0.25, 0.3) is 0 Å². The molecule has 0 saturated carbocycles. The molecular weight excluding hydrogens is 198 g/mol. The van der Waals surface area contributed by atoms with E-state index in [1.807, 2.05) is 13.0 Å². The zero-order chi connectivity index (χ0) is 12.0. The van der Waals surface area contributed by atoms with E-state index in [2.05, 4.69) is 26.0 Å². The molecule has 90 valence electrons. The number of aryl methyl sites for hydroxylation is 1. The van der Waals surface area contributed by atoms with Crippen LogP contribution in [0.4, 0.5) is 0 Å². The topological polar surface area (TPSA) is 35.2 Å². The van der Waals surface area contributed by atoms with Crippen LogP contribution in [0, 0.1) is 6.92 Å². The lowest BCUT2D eigenvalue weighted by Gasteiger charge is -2.17. The van der Waals surface area contributed by atoms with Crippen LogP contribution in [-0.2, 0) is 0 Å². The summed E-state index contributed by atoms with van der Waals surface area (Å²) in [6.07, 6.45) is 3.38. The minimum absolute atomic E-state index is 0.0985. The Kier molecular flexibility index (Phi) is 5.33. The Labute approximate surface area is 98.8 Å². The highest BCUT2D eigenvalue weighted by Crippen LogP contribution is 2.28. The SMILES string of the molecule is CCCCC(N)c1cc(C)ccc1OCC. The van der Waals surface area contributed by atoms with E-state index in [0.29, 0.717) is 6.61 Å². The molecule has 0 aliphatic rings. The maximum Gasteiger partial charge on any atom is 0.124 e. The van der Waals surface area contributed by atoms with Crippen molar-refractivity contribution in [1.82, 2.24) is 0 Å². The van der Waals surface area contributed by atoms with E-state index in [4.69, 9.17) is 10.5 Å². The van der Waals surface area contributed by atoms with Crippen LogP contribution < -0.4 is 10.5 Å². The summed E-state index contributed by atoms with van der Waals surface area (Å²) in [6.45, 7) is 6.97. The Balaban J connectivity index is 2.85. The van der Waals surface area contributed by atoms with Crippen molar-refractivity contribution >= 4 is 0 Å². The Morgan fingerprint density at radius 2 is 2.06 bits per heavy atom. The van der Waals surface area contributed by atoms with Gasteiger partial charge in [-0.25, -0.2) is 0 Å². The van der Waals surface area contributed by atoms with Gasteiger partial charge in [-0.2, -0.15) is 0 Å². The monoisotopic (exact) mass is 221 g/mol. The fourth-order valence-electron chi connectivity index (χ4n) is 1.82. The average Bonchev–Trinajstić information content (AvgIpc) is 2.28. The lowest BCUT2D eigenvalue weighted by atomic mass is 9.99. The van der Waals surface area contributed by atoms with Gasteiger partial charge in [0, 0.05) is 11.6 Å². The van der Waals surface area contributed by atoms with Crippen molar-refractivity contribution in [3.63, 3.8) is 0 Å². The van der Waals surface area contributed by atoms with Gasteiger partial charge in [-0.15, -0.1) is 0 Å². The van der Waals surface area contributed by atoms with Crippen molar-refractivity contribution in [2.45, 2.75) is 46.1 Å². The van der Waals surface area contributed by atoms with Crippen molar-refractivity contribution in [2.24, 2.45) is 5.73 Å².